The Hall–Kier alpha value is -1.49. The number of amidine groups is 1. The highest BCUT2D eigenvalue weighted by Gasteiger charge is 2.14. The first-order valence-electron chi connectivity index (χ1n) is 5.54. The second-order valence-corrected chi connectivity index (χ2v) is 5.08. The van der Waals surface area contributed by atoms with Crippen LogP contribution in [-0.4, -0.2) is 16.1 Å². The fourth-order valence-corrected chi connectivity index (χ4v) is 2.56. The number of nitrogens with one attached hydrogen (secondary N) is 1. The molecular formula is C12H15N3OS. The Kier molecular flexibility index (Phi) is 3.68. The van der Waals surface area contributed by atoms with Crippen LogP contribution in [0.15, 0.2) is 33.9 Å². The zero-order valence-electron chi connectivity index (χ0n) is 9.64. The number of hydrogen-bond acceptors (Lipinski definition) is 4. The number of thioether (sulfide) groups is 1. The first-order valence-corrected chi connectivity index (χ1v) is 6.42. The predicted molar refractivity (Wildman–Crippen MR) is 70.5 cm³/mol. The molecule has 0 fully saturated rings. The lowest BCUT2D eigenvalue weighted by molar-refractivity contribution is 0.488. The number of benzene rings is 1. The second-order valence-electron chi connectivity index (χ2n) is 3.82. The van der Waals surface area contributed by atoms with Gasteiger partial charge in [0.1, 0.15) is 5.52 Å². The van der Waals surface area contributed by atoms with Crippen molar-refractivity contribution in [1.82, 2.24) is 4.98 Å². The molecule has 0 aliphatic rings. The van der Waals surface area contributed by atoms with E-state index in [2.05, 4.69) is 11.9 Å². The summed E-state index contributed by atoms with van der Waals surface area (Å²) in [6.07, 6.45) is 1.50. The van der Waals surface area contributed by atoms with E-state index in [0.717, 1.165) is 17.5 Å². The van der Waals surface area contributed by atoms with Gasteiger partial charge in [-0.1, -0.05) is 30.8 Å². The molecule has 1 aromatic carbocycles. The van der Waals surface area contributed by atoms with Crippen LogP contribution in [0.2, 0.25) is 0 Å². The minimum absolute atomic E-state index is 0.209. The van der Waals surface area contributed by atoms with E-state index in [-0.39, 0.29) is 11.1 Å². The molecule has 5 heteroatoms. The van der Waals surface area contributed by atoms with Crippen LogP contribution in [0.4, 0.5) is 0 Å². The minimum atomic E-state index is 0.209. The second kappa shape index (κ2) is 5.23. The summed E-state index contributed by atoms with van der Waals surface area (Å²) < 4.78 is 5.62. The number of rotatable bonds is 5. The maximum absolute atomic E-state index is 7.31. The average Bonchev–Trinajstić information content (AvgIpc) is 2.69. The van der Waals surface area contributed by atoms with E-state index in [1.54, 1.807) is 11.8 Å². The third kappa shape index (κ3) is 3.00. The Morgan fingerprint density at radius 2 is 2.29 bits per heavy atom. The van der Waals surface area contributed by atoms with E-state index in [0.29, 0.717) is 11.6 Å². The van der Waals surface area contributed by atoms with Crippen molar-refractivity contribution in [3.05, 3.63) is 24.3 Å². The Morgan fingerprint density at radius 3 is 2.94 bits per heavy atom. The van der Waals surface area contributed by atoms with Crippen LogP contribution in [0, 0.1) is 5.41 Å². The fraction of sp³-hybridized carbons (Fsp3) is 0.333. The van der Waals surface area contributed by atoms with Gasteiger partial charge in [-0.05, 0) is 18.6 Å². The van der Waals surface area contributed by atoms with Gasteiger partial charge < -0.3 is 10.2 Å². The lowest BCUT2D eigenvalue weighted by Gasteiger charge is -2.09. The quantitative estimate of drug-likeness (QED) is 0.485. The average molecular weight is 249 g/mol. The summed E-state index contributed by atoms with van der Waals surface area (Å²) in [7, 11) is 0. The molecule has 1 heterocycles. The molecule has 4 nitrogen and oxygen atoms in total. The molecule has 0 radical (unpaired) electrons. The van der Waals surface area contributed by atoms with Crippen molar-refractivity contribution in [3.8, 4) is 0 Å². The number of fused-ring (bicyclic) bond motifs is 1. The largest absolute Gasteiger partial charge is 0.431 e. The van der Waals surface area contributed by atoms with Crippen LogP contribution >= 0.6 is 11.8 Å². The molecule has 0 aliphatic heterocycles. The maximum atomic E-state index is 7.31. The fourth-order valence-electron chi connectivity index (χ4n) is 1.56. The van der Waals surface area contributed by atoms with E-state index in [1.807, 2.05) is 24.3 Å². The van der Waals surface area contributed by atoms with E-state index in [1.165, 1.54) is 0 Å². The zero-order valence-corrected chi connectivity index (χ0v) is 10.5. The summed E-state index contributed by atoms with van der Waals surface area (Å²) in [5.74, 6) is 0.209. The molecule has 0 saturated heterocycles. The summed E-state index contributed by atoms with van der Waals surface area (Å²) >= 11 is 1.54. The van der Waals surface area contributed by atoms with Gasteiger partial charge in [-0.15, -0.1) is 0 Å². The molecule has 2 rings (SSSR count). The molecule has 1 aromatic heterocycles. The van der Waals surface area contributed by atoms with Crippen LogP contribution in [-0.2, 0) is 0 Å². The lowest BCUT2D eigenvalue weighted by atomic mass is 10.2. The smallest absolute Gasteiger partial charge is 0.257 e. The van der Waals surface area contributed by atoms with Gasteiger partial charge in [-0.2, -0.15) is 0 Å². The summed E-state index contributed by atoms with van der Waals surface area (Å²) in [6, 6.07) is 7.69. The van der Waals surface area contributed by atoms with E-state index >= 15 is 0 Å². The molecule has 0 aliphatic carbocycles. The number of nitrogens with zero attached hydrogens (tertiary/aromatic N) is 1. The Balaban J connectivity index is 2.14. The Bertz CT molecular complexity index is 490. The molecule has 0 saturated carbocycles. The molecule has 1 unspecified atom stereocenters. The van der Waals surface area contributed by atoms with Crippen LogP contribution in [0.3, 0.4) is 0 Å². The number of para-hydroxylation sites is 2. The summed E-state index contributed by atoms with van der Waals surface area (Å²) in [5, 5.41) is 8.22. The maximum Gasteiger partial charge on any atom is 0.257 e. The molecular weight excluding hydrogens is 234 g/mol. The van der Waals surface area contributed by atoms with Crippen LogP contribution in [0.25, 0.3) is 11.1 Å². The molecule has 0 amide bonds. The van der Waals surface area contributed by atoms with Gasteiger partial charge in [0.05, 0.1) is 5.84 Å². The number of aromatic nitrogens is 1. The van der Waals surface area contributed by atoms with Crippen molar-refractivity contribution in [1.29, 1.82) is 5.41 Å². The predicted octanol–water partition coefficient (Wildman–Crippen LogP) is 3.02. The third-order valence-electron chi connectivity index (χ3n) is 2.44. The molecule has 90 valence electrons. The summed E-state index contributed by atoms with van der Waals surface area (Å²) in [4.78, 5) is 4.39. The van der Waals surface area contributed by atoms with Gasteiger partial charge in [0.2, 0.25) is 0 Å². The first-order chi connectivity index (χ1) is 8.19. The van der Waals surface area contributed by atoms with E-state index in [9.17, 15) is 0 Å². The van der Waals surface area contributed by atoms with E-state index in [4.69, 9.17) is 15.6 Å². The van der Waals surface area contributed by atoms with E-state index < -0.39 is 0 Å². The van der Waals surface area contributed by atoms with Gasteiger partial charge in [-0.25, -0.2) is 4.98 Å². The van der Waals surface area contributed by atoms with Gasteiger partial charge in [0.25, 0.3) is 5.22 Å². The molecule has 2 aromatic rings. The summed E-state index contributed by atoms with van der Waals surface area (Å²) in [5.41, 5.74) is 7.08. The normalized spacial score (nSPS) is 12.8. The van der Waals surface area contributed by atoms with Crippen molar-refractivity contribution < 1.29 is 4.42 Å². The zero-order chi connectivity index (χ0) is 12.3. The van der Waals surface area contributed by atoms with Crippen LogP contribution < -0.4 is 5.73 Å². The SMILES string of the molecule is CCC(CC(=N)N)Sc1nc2ccccc2o1. The van der Waals surface area contributed by atoms with Crippen molar-refractivity contribution in [3.63, 3.8) is 0 Å². The van der Waals surface area contributed by atoms with Crippen molar-refractivity contribution >= 4 is 28.7 Å². The van der Waals surface area contributed by atoms with Crippen LogP contribution in [0.5, 0.6) is 0 Å². The highest BCUT2D eigenvalue weighted by Crippen LogP contribution is 2.29. The first kappa shape index (κ1) is 12.0. The summed E-state index contributed by atoms with van der Waals surface area (Å²) in [6.45, 7) is 2.07. The number of oxazole rings is 1. The highest BCUT2D eigenvalue weighted by molar-refractivity contribution is 7.99. The van der Waals surface area contributed by atoms with Crippen LogP contribution in [0.1, 0.15) is 19.8 Å². The molecule has 3 N–H and O–H groups in total. The number of hydrogen-bond donors (Lipinski definition) is 2. The monoisotopic (exact) mass is 249 g/mol. The van der Waals surface area contributed by atoms with Crippen molar-refractivity contribution in [2.75, 3.05) is 0 Å². The minimum Gasteiger partial charge on any atom is -0.431 e. The van der Waals surface area contributed by atoms with Gasteiger partial charge in [-0.3, -0.25) is 5.41 Å². The Morgan fingerprint density at radius 1 is 1.53 bits per heavy atom. The molecule has 17 heavy (non-hydrogen) atoms. The van der Waals surface area contributed by atoms with Gasteiger partial charge in [0.15, 0.2) is 5.58 Å². The lowest BCUT2D eigenvalue weighted by Crippen LogP contribution is -2.16. The standard InChI is InChI=1S/C12H15N3OS/c1-2-8(7-11(13)14)17-12-15-9-5-3-4-6-10(9)16-12/h3-6,8H,2,7H2,1H3,(H3,13,14). The Labute approximate surface area is 104 Å². The highest BCUT2D eigenvalue weighted by atomic mass is 32.2. The topological polar surface area (TPSA) is 75.9 Å². The molecule has 0 spiro atoms. The number of nitrogens with two attached hydrogens (primary N) is 1. The molecule has 1 atom stereocenters. The van der Waals surface area contributed by atoms with Crippen molar-refractivity contribution in [2.45, 2.75) is 30.2 Å². The third-order valence-corrected chi connectivity index (χ3v) is 3.65. The van der Waals surface area contributed by atoms with Gasteiger partial charge in [0, 0.05) is 11.7 Å². The van der Waals surface area contributed by atoms with Gasteiger partial charge >= 0.3 is 0 Å². The van der Waals surface area contributed by atoms with Crippen molar-refractivity contribution in [2.24, 2.45) is 5.73 Å². The molecule has 0 bridgehead atoms.